The molecule has 1 N–H and O–H groups in total. The predicted molar refractivity (Wildman–Crippen MR) is 116 cm³/mol. The fourth-order valence-electron chi connectivity index (χ4n) is 4.37. The average Bonchev–Trinajstić information content (AvgIpc) is 3.20. The van der Waals surface area contributed by atoms with E-state index in [1.165, 1.54) is 43.2 Å². The average molecular weight is 398 g/mol. The lowest BCUT2D eigenvalue weighted by atomic mass is 9.91. The van der Waals surface area contributed by atoms with Crippen molar-refractivity contribution in [2.24, 2.45) is 0 Å². The van der Waals surface area contributed by atoms with Gasteiger partial charge in [-0.25, -0.2) is 0 Å². The summed E-state index contributed by atoms with van der Waals surface area (Å²) in [6, 6.07) is 6.10. The zero-order chi connectivity index (χ0) is 19.5. The molecule has 1 aliphatic heterocycles. The van der Waals surface area contributed by atoms with E-state index in [1.54, 1.807) is 0 Å². The van der Waals surface area contributed by atoms with Crippen molar-refractivity contribution < 1.29 is 9.21 Å². The zero-order valence-electron chi connectivity index (χ0n) is 16.6. The Bertz CT molecular complexity index is 910. The normalized spacial score (nSPS) is 16.9. The van der Waals surface area contributed by atoms with Crippen LogP contribution in [0.3, 0.4) is 0 Å². The molecule has 0 fully saturated rings. The number of benzene rings is 1. The number of aryl methyl sites for hydroxylation is 2. The summed E-state index contributed by atoms with van der Waals surface area (Å²) in [6.45, 7) is 2.23. The largest absolute Gasteiger partial charge is 0.461 e. The van der Waals surface area contributed by atoms with Gasteiger partial charge >= 0.3 is 0 Å². The second-order valence-corrected chi connectivity index (χ2v) is 8.22. The Morgan fingerprint density at radius 2 is 2.04 bits per heavy atom. The smallest absolute Gasteiger partial charge is 0.256 e. The molecule has 148 valence electrons. The number of unbranched alkanes of at least 4 members (excludes halogenated alkanes) is 2. The fourth-order valence-corrected chi connectivity index (χ4v) is 4.59. The van der Waals surface area contributed by atoms with Crippen molar-refractivity contribution in [1.29, 1.82) is 0 Å². The maximum absolute atomic E-state index is 12.7. The van der Waals surface area contributed by atoms with Gasteiger partial charge in [-0.15, -0.1) is 11.6 Å². The topological polar surface area (TPSA) is 42.2 Å². The van der Waals surface area contributed by atoms with Crippen molar-refractivity contribution in [3.8, 4) is 0 Å². The number of halogens is 1. The van der Waals surface area contributed by atoms with Crippen LogP contribution in [0.25, 0.3) is 11.6 Å². The van der Waals surface area contributed by atoms with E-state index in [9.17, 15) is 4.79 Å². The SMILES string of the molecule is CCCCCc1c(C=C2C(=O)Nc3ccc(CCCl)cc32)oc2c1CCCC2. The number of nitrogens with one attached hydrogen (secondary N) is 1. The minimum Gasteiger partial charge on any atom is -0.461 e. The van der Waals surface area contributed by atoms with E-state index in [-0.39, 0.29) is 5.91 Å². The Hall–Kier alpha value is -2.00. The molecule has 28 heavy (non-hydrogen) atoms. The summed E-state index contributed by atoms with van der Waals surface area (Å²) in [4.78, 5) is 12.7. The van der Waals surface area contributed by atoms with Gasteiger partial charge < -0.3 is 9.73 Å². The molecule has 0 bridgehead atoms. The first kappa shape index (κ1) is 19.3. The summed E-state index contributed by atoms with van der Waals surface area (Å²) in [5.74, 6) is 2.56. The van der Waals surface area contributed by atoms with Crippen LogP contribution < -0.4 is 5.32 Å². The molecule has 3 nitrogen and oxygen atoms in total. The van der Waals surface area contributed by atoms with Crippen LogP contribution in [0, 0.1) is 0 Å². The number of carbonyl (C=O) groups excluding carboxylic acids is 1. The van der Waals surface area contributed by atoms with E-state index in [0.29, 0.717) is 11.5 Å². The summed E-state index contributed by atoms with van der Waals surface area (Å²) in [5, 5.41) is 2.99. The molecular weight excluding hydrogens is 370 g/mol. The van der Waals surface area contributed by atoms with Gasteiger partial charge in [0.05, 0.1) is 5.57 Å². The summed E-state index contributed by atoms with van der Waals surface area (Å²) in [6.07, 6.45) is 11.9. The minimum atomic E-state index is -0.0492. The molecule has 2 aliphatic rings. The molecule has 0 radical (unpaired) electrons. The standard InChI is InChI=1S/C24H28ClNO2/c1-2-3-4-7-18-17-8-5-6-9-22(17)28-23(18)15-20-19-14-16(12-13-25)10-11-21(19)26-24(20)27/h10-11,14-15H,2-9,12-13H2,1H3,(H,26,27). The molecule has 1 aromatic carbocycles. The second-order valence-electron chi connectivity index (χ2n) is 7.84. The maximum Gasteiger partial charge on any atom is 0.256 e. The zero-order valence-corrected chi connectivity index (χ0v) is 17.3. The van der Waals surface area contributed by atoms with E-state index in [2.05, 4.69) is 18.3 Å². The summed E-state index contributed by atoms with van der Waals surface area (Å²) < 4.78 is 6.29. The van der Waals surface area contributed by atoms with Gasteiger partial charge in [0.15, 0.2) is 0 Å². The Morgan fingerprint density at radius 1 is 1.18 bits per heavy atom. The molecule has 0 spiro atoms. The van der Waals surface area contributed by atoms with E-state index >= 15 is 0 Å². The molecule has 1 amide bonds. The Labute approximate surface area is 172 Å². The number of amides is 1. The van der Waals surface area contributed by atoms with E-state index in [4.69, 9.17) is 16.0 Å². The van der Waals surface area contributed by atoms with Gasteiger partial charge in [0, 0.05) is 29.1 Å². The molecule has 0 saturated carbocycles. The molecule has 2 aromatic rings. The summed E-state index contributed by atoms with van der Waals surface area (Å²) in [7, 11) is 0. The van der Waals surface area contributed by atoms with Gasteiger partial charge in [-0.1, -0.05) is 25.8 Å². The van der Waals surface area contributed by atoms with Gasteiger partial charge in [0.2, 0.25) is 0 Å². The number of alkyl halides is 1. The molecule has 0 saturated heterocycles. The van der Waals surface area contributed by atoms with Gasteiger partial charge in [-0.05, 0) is 67.9 Å². The third-order valence-electron chi connectivity index (χ3n) is 5.87. The van der Waals surface area contributed by atoms with Crippen molar-refractivity contribution in [3.05, 3.63) is 52.0 Å². The predicted octanol–water partition coefficient (Wildman–Crippen LogP) is 6.17. The fraction of sp³-hybridized carbons (Fsp3) is 0.458. The van der Waals surface area contributed by atoms with Crippen LogP contribution >= 0.6 is 11.6 Å². The van der Waals surface area contributed by atoms with Crippen molar-refractivity contribution >= 4 is 34.8 Å². The highest BCUT2D eigenvalue weighted by atomic mass is 35.5. The van der Waals surface area contributed by atoms with Gasteiger partial charge in [0.25, 0.3) is 5.91 Å². The minimum absolute atomic E-state index is 0.0492. The van der Waals surface area contributed by atoms with Crippen LogP contribution in [0.5, 0.6) is 0 Å². The lowest BCUT2D eigenvalue weighted by molar-refractivity contribution is -0.110. The summed E-state index contributed by atoms with van der Waals surface area (Å²) >= 11 is 5.91. The number of carbonyl (C=O) groups is 1. The Balaban J connectivity index is 1.74. The molecule has 2 heterocycles. The Morgan fingerprint density at radius 3 is 2.86 bits per heavy atom. The lowest BCUT2D eigenvalue weighted by Gasteiger charge is -2.10. The first-order chi connectivity index (χ1) is 13.7. The quantitative estimate of drug-likeness (QED) is 0.345. The highest BCUT2D eigenvalue weighted by Crippen LogP contribution is 2.37. The number of hydrogen-bond acceptors (Lipinski definition) is 2. The molecule has 1 aliphatic carbocycles. The molecule has 0 atom stereocenters. The molecule has 1 aromatic heterocycles. The number of anilines is 1. The summed E-state index contributed by atoms with van der Waals surface area (Å²) in [5.41, 5.74) is 6.42. The first-order valence-electron chi connectivity index (χ1n) is 10.6. The third-order valence-corrected chi connectivity index (χ3v) is 6.06. The van der Waals surface area contributed by atoms with Gasteiger partial charge in [-0.3, -0.25) is 4.79 Å². The molecule has 0 unspecified atom stereocenters. The third kappa shape index (κ3) is 3.77. The van der Waals surface area contributed by atoms with Crippen LogP contribution in [0.4, 0.5) is 5.69 Å². The van der Waals surface area contributed by atoms with Crippen LogP contribution in [0.1, 0.15) is 72.8 Å². The van der Waals surface area contributed by atoms with Crippen molar-refractivity contribution in [1.82, 2.24) is 0 Å². The number of fused-ring (bicyclic) bond motifs is 2. The van der Waals surface area contributed by atoms with Crippen molar-refractivity contribution in [3.63, 3.8) is 0 Å². The van der Waals surface area contributed by atoms with Gasteiger partial charge in [-0.2, -0.15) is 0 Å². The van der Waals surface area contributed by atoms with Crippen LogP contribution in [-0.4, -0.2) is 11.8 Å². The monoisotopic (exact) mass is 397 g/mol. The highest BCUT2D eigenvalue weighted by Gasteiger charge is 2.27. The first-order valence-corrected chi connectivity index (χ1v) is 11.1. The van der Waals surface area contributed by atoms with Gasteiger partial charge in [0.1, 0.15) is 11.5 Å². The van der Waals surface area contributed by atoms with E-state index in [1.807, 2.05) is 18.2 Å². The van der Waals surface area contributed by atoms with Crippen LogP contribution in [-0.2, 0) is 30.5 Å². The lowest BCUT2D eigenvalue weighted by Crippen LogP contribution is -2.04. The Kier molecular flexibility index (Phi) is 5.91. The van der Waals surface area contributed by atoms with Crippen molar-refractivity contribution in [2.75, 3.05) is 11.2 Å². The van der Waals surface area contributed by atoms with Crippen molar-refractivity contribution in [2.45, 2.75) is 64.7 Å². The van der Waals surface area contributed by atoms with E-state index in [0.717, 1.165) is 54.0 Å². The molecule has 4 rings (SSSR count). The van der Waals surface area contributed by atoms with Crippen LogP contribution in [0.15, 0.2) is 22.6 Å². The number of hydrogen-bond donors (Lipinski definition) is 1. The number of rotatable bonds is 7. The van der Waals surface area contributed by atoms with E-state index < -0.39 is 0 Å². The maximum atomic E-state index is 12.7. The molecular formula is C24H28ClNO2. The molecule has 4 heteroatoms. The van der Waals surface area contributed by atoms with Crippen LogP contribution in [0.2, 0.25) is 0 Å². The number of furan rings is 1. The second kappa shape index (κ2) is 8.57. The highest BCUT2D eigenvalue weighted by molar-refractivity contribution is 6.34.